The SMILES string of the molecule is O=C1NC(=S)N(c2ccc(C(=O)O)cc2)C(=O)/C1=C/c1cccn1-c1cccc(C(=O)O)c1. The van der Waals surface area contributed by atoms with Gasteiger partial charge in [-0.1, -0.05) is 6.07 Å². The molecule has 33 heavy (non-hydrogen) atoms. The number of nitrogens with zero attached hydrogens (tertiary/aromatic N) is 2. The second kappa shape index (κ2) is 8.52. The number of carbonyl (C=O) groups excluding carboxylic acids is 2. The van der Waals surface area contributed by atoms with Gasteiger partial charge >= 0.3 is 11.9 Å². The van der Waals surface area contributed by atoms with E-state index in [1.165, 1.54) is 42.5 Å². The second-order valence-electron chi connectivity index (χ2n) is 6.97. The standard InChI is InChI=1S/C23H15N3O6S/c27-19-18(12-17-5-2-10-25(17)16-4-1-3-14(11-16)22(31)32)20(28)26(23(33)24-19)15-8-6-13(7-9-15)21(29)30/h1-12H,(H,29,30)(H,31,32)(H,24,27,33)/b18-12+. The molecule has 0 saturated carbocycles. The van der Waals surface area contributed by atoms with Crippen molar-refractivity contribution in [1.82, 2.24) is 9.88 Å². The van der Waals surface area contributed by atoms with Crippen molar-refractivity contribution in [2.75, 3.05) is 4.90 Å². The van der Waals surface area contributed by atoms with Crippen LogP contribution in [0.3, 0.4) is 0 Å². The molecule has 0 atom stereocenters. The van der Waals surface area contributed by atoms with Crippen molar-refractivity contribution in [2.45, 2.75) is 0 Å². The van der Waals surface area contributed by atoms with E-state index in [9.17, 15) is 24.3 Å². The van der Waals surface area contributed by atoms with Crippen LogP contribution >= 0.6 is 12.2 Å². The van der Waals surface area contributed by atoms with E-state index in [-0.39, 0.29) is 21.8 Å². The Morgan fingerprint density at radius 2 is 1.58 bits per heavy atom. The number of hydrogen-bond acceptors (Lipinski definition) is 5. The van der Waals surface area contributed by atoms with Crippen LogP contribution in [0.5, 0.6) is 0 Å². The van der Waals surface area contributed by atoms with E-state index in [2.05, 4.69) is 5.32 Å². The predicted octanol–water partition coefficient (Wildman–Crippen LogP) is 2.71. The number of aromatic nitrogens is 1. The summed E-state index contributed by atoms with van der Waals surface area (Å²) in [6.45, 7) is 0. The highest BCUT2D eigenvalue weighted by Crippen LogP contribution is 2.24. The lowest BCUT2D eigenvalue weighted by atomic mass is 10.1. The zero-order chi connectivity index (χ0) is 23.7. The molecule has 2 heterocycles. The maximum atomic E-state index is 13.2. The minimum atomic E-state index is -1.12. The Morgan fingerprint density at radius 3 is 2.24 bits per heavy atom. The summed E-state index contributed by atoms with van der Waals surface area (Å²) < 4.78 is 1.64. The molecule has 0 unspecified atom stereocenters. The van der Waals surface area contributed by atoms with Crippen LogP contribution in [0.25, 0.3) is 11.8 Å². The normalized spacial score (nSPS) is 15.0. The summed E-state index contributed by atoms with van der Waals surface area (Å²) in [5, 5.41) is 20.7. The van der Waals surface area contributed by atoms with Gasteiger partial charge in [0.1, 0.15) is 5.57 Å². The van der Waals surface area contributed by atoms with Gasteiger partial charge in [-0.2, -0.15) is 0 Å². The van der Waals surface area contributed by atoms with Gasteiger partial charge in [-0.15, -0.1) is 0 Å². The van der Waals surface area contributed by atoms with Crippen LogP contribution in [0.15, 0.2) is 72.4 Å². The van der Waals surface area contributed by atoms with Crippen LogP contribution < -0.4 is 10.2 Å². The van der Waals surface area contributed by atoms with Crippen LogP contribution in [0.2, 0.25) is 0 Å². The highest BCUT2D eigenvalue weighted by Gasteiger charge is 2.34. The Balaban J connectivity index is 1.72. The van der Waals surface area contributed by atoms with Crippen molar-refractivity contribution in [2.24, 2.45) is 0 Å². The quantitative estimate of drug-likeness (QED) is 0.303. The summed E-state index contributed by atoms with van der Waals surface area (Å²) in [5.74, 6) is -3.56. The molecule has 1 fully saturated rings. The zero-order valence-corrected chi connectivity index (χ0v) is 17.6. The van der Waals surface area contributed by atoms with Gasteiger partial charge in [-0.05, 0) is 72.9 Å². The number of benzene rings is 2. The number of amides is 2. The monoisotopic (exact) mass is 461 g/mol. The summed E-state index contributed by atoms with van der Waals surface area (Å²) in [7, 11) is 0. The minimum Gasteiger partial charge on any atom is -0.478 e. The van der Waals surface area contributed by atoms with Gasteiger partial charge in [0, 0.05) is 17.6 Å². The van der Waals surface area contributed by atoms with Gasteiger partial charge in [0.2, 0.25) is 0 Å². The van der Waals surface area contributed by atoms with Crippen LogP contribution in [0.1, 0.15) is 26.4 Å². The second-order valence-corrected chi connectivity index (χ2v) is 7.36. The molecule has 1 aliphatic rings. The number of carbonyl (C=O) groups is 4. The Kier molecular flexibility index (Phi) is 5.59. The van der Waals surface area contributed by atoms with E-state index in [0.29, 0.717) is 17.1 Å². The Bertz CT molecular complexity index is 1360. The van der Waals surface area contributed by atoms with Crippen molar-refractivity contribution in [3.63, 3.8) is 0 Å². The van der Waals surface area contributed by atoms with Crippen LogP contribution in [0.4, 0.5) is 5.69 Å². The Hall–Kier alpha value is -4.57. The van der Waals surface area contributed by atoms with E-state index in [4.69, 9.17) is 17.3 Å². The van der Waals surface area contributed by atoms with Crippen molar-refractivity contribution in [3.05, 3.63) is 89.3 Å². The van der Waals surface area contributed by atoms with Crippen molar-refractivity contribution in [3.8, 4) is 5.69 Å². The predicted molar refractivity (Wildman–Crippen MR) is 122 cm³/mol. The van der Waals surface area contributed by atoms with Gasteiger partial charge in [0.05, 0.1) is 16.8 Å². The zero-order valence-electron chi connectivity index (χ0n) is 16.8. The Labute approximate surface area is 192 Å². The Morgan fingerprint density at radius 1 is 0.879 bits per heavy atom. The lowest BCUT2D eigenvalue weighted by molar-refractivity contribution is -0.122. The van der Waals surface area contributed by atoms with Crippen LogP contribution in [0, 0.1) is 0 Å². The molecule has 9 nitrogen and oxygen atoms in total. The largest absolute Gasteiger partial charge is 0.478 e. The number of aromatic carboxylic acids is 2. The molecule has 2 aromatic carbocycles. The molecule has 0 radical (unpaired) electrons. The molecule has 164 valence electrons. The first-order valence-corrected chi connectivity index (χ1v) is 9.93. The molecule has 0 spiro atoms. The lowest BCUT2D eigenvalue weighted by Crippen LogP contribution is -2.54. The number of hydrogen-bond donors (Lipinski definition) is 3. The highest BCUT2D eigenvalue weighted by molar-refractivity contribution is 7.80. The summed E-state index contributed by atoms with van der Waals surface area (Å²) >= 11 is 5.16. The fourth-order valence-corrected chi connectivity index (χ4v) is 3.61. The molecular weight excluding hydrogens is 446 g/mol. The number of thiocarbonyl (C=S) groups is 1. The van der Waals surface area contributed by atoms with Crippen LogP contribution in [-0.2, 0) is 9.59 Å². The third-order valence-corrected chi connectivity index (χ3v) is 5.20. The number of carboxylic acids is 2. The van der Waals surface area contributed by atoms with E-state index in [1.807, 2.05) is 0 Å². The minimum absolute atomic E-state index is 0.0374. The van der Waals surface area contributed by atoms with Crippen LogP contribution in [-0.4, -0.2) is 43.6 Å². The third-order valence-electron chi connectivity index (χ3n) is 4.92. The van der Waals surface area contributed by atoms with Gasteiger partial charge in [0.25, 0.3) is 11.8 Å². The maximum absolute atomic E-state index is 13.2. The van der Waals surface area contributed by atoms with E-state index in [1.54, 1.807) is 35.0 Å². The van der Waals surface area contributed by atoms with Gasteiger partial charge < -0.3 is 14.8 Å². The summed E-state index contributed by atoms with van der Waals surface area (Å²) in [4.78, 5) is 49.3. The molecule has 0 bridgehead atoms. The maximum Gasteiger partial charge on any atom is 0.335 e. The van der Waals surface area contributed by atoms with E-state index < -0.39 is 23.8 Å². The van der Waals surface area contributed by atoms with Crippen molar-refractivity contribution < 1.29 is 29.4 Å². The molecule has 3 aromatic rings. The third kappa shape index (κ3) is 4.14. The van der Waals surface area contributed by atoms with Crippen molar-refractivity contribution in [1.29, 1.82) is 0 Å². The first-order chi connectivity index (χ1) is 15.8. The summed E-state index contributed by atoms with van der Waals surface area (Å²) in [5.41, 5.74) is 1.23. The fourth-order valence-electron chi connectivity index (χ4n) is 3.33. The molecule has 3 N–H and O–H groups in total. The van der Waals surface area contributed by atoms with E-state index >= 15 is 0 Å². The van der Waals surface area contributed by atoms with Crippen molar-refractivity contribution >= 4 is 52.8 Å². The average molecular weight is 461 g/mol. The molecule has 4 rings (SSSR count). The molecule has 1 aromatic heterocycles. The molecule has 10 heteroatoms. The molecule has 1 aliphatic heterocycles. The molecular formula is C23H15N3O6S. The fraction of sp³-hybridized carbons (Fsp3) is 0. The van der Waals surface area contributed by atoms with Gasteiger partial charge in [-0.3, -0.25) is 19.8 Å². The number of nitrogens with one attached hydrogen (secondary N) is 1. The van der Waals surface area contributed by atoms with Gasteiger partial charge in [-0.25, -0.2) is 9.59 Å². The number of anilines is 1. The topological polar surface area (TPSA) is 129 Å². The van der Waals surface area contributed by atoms with E-state index in [0.717, 1.165) is 4.90 Å². The highest BCUT2D eigenvalue weighted by atomic mass is 32.1. The number of rotatable bonds is 5. The summed E-state index contributed by atoms with van der Waals surface area (Å²) in [6.07, 6.45) is 3.05. The first kappa shape index (κ1) is 21.7. The number of carboxylic acid groups (broad SMARTS) is 2. The first-order valence-electron chi connectivity index (χ1n) is 9.52. The average Bonchev–Trinajstić information content (AvgIpc) is 3.25. The lowest BCUT2D eigenvalue weighted by Gasteiger charge is -2.29. The molecule has 0 aliphatic carbocycles. The molecule has 2 amide bonds. The smallest absolute Gasteiger partial charge is 0.335 e. The summed E-state index contributed by atoms with van der Waals surface area (Å²) in [6, 6.07) is 15.1. The molecule has 1 saturated heterocycles. The van der Waals surface area contributed by atoms with Gasteiger partial charge in [0.15, 0.2) is 5.11 Å².